The van der Waals surface area contributed by atoms with Gasteiger partial charge in [-0.25, -0.2) is 14.6 Å². The first-order valence-electron chi connectivity index (χ1n) is 9.00. The summed E-state index contributed by atoms with van der Waals surface area (Å²) in [6, 6.07) is 6.43. The topological polar surface area (TPSA) is 117 Å². The number of nitrogens with zero attached hydrogens (tertiary/aromatic N) is 2. The van der Waals surface area contributed by atoms with Crippen LogP contribution in [0.3, 0.4) is 0 Å². The molecule has 156 valence electrons. The number of aryl methyl sites for hydroxylation is 1. The molecule has 0 radical (unpaired) electrons. The summed E-state index contributed by atoms with van der Waals surface area (Å²) in [6.07, 6.45) is 1.25. The lowest BCUT2D eigenvalue weighted by Gasteiger charge is -2.11. The lowest BCUT2D eigenvalue weighted by Crippen LogP contribution is -2.28. The minimum atomic E-state index is -0.558. The van der Waals surface area contributed by atoms with E-state index < -0.39 is 23.4 Å². The fraction of sp³-hybridized carbons (Fsp3) is 0.250. The van der Waals surface area contributed by atoms with Crippen LogP contribution in [0.25, 0.3) is 10.2 Å². The van der Waals surface area contributed by atoms with Crippen LogP contribution in [0.15, 0.2) is 35.4 Å². The second kappa shape index (κ2) is 8.87. The molecule has 2 heterocycles. The first-order valence-corrected chi connectivity index (χ1v) is 9.81. The average Bonchev–Trinajstić information content (AvgIpc) is 3.07. The Labute approximate surface area is 175 Å². The molecule has 3 aromatic rings. The highest BCUT2D eigenvalue weighted by atomic mass is 32.1. The Morgan fingerprint density at radius 3 is 2.63 bits per heavy atom. The van der Waals surface area contributed by atoms with E-state index in [1.54, 1.807) is 32.0 Å². The van der Waals surface area contributed by atoms with Crippen LogP contribution in [-0.4, -0.2) is 41.1 Å². The van der Waals surface area contributed by atoms with Crippen LogP contribution in [0, 0.1) is 6.92 Å². The summed E-state index contributed by atoms with van der Waals surface area (Å²) < 4.78 is 10.9. The van der Waals surface area contributed by atoms with Crippen molar-refractivity contribution in [1.82, 2.24) is 9.55 Å². The molecule has 0 saturated heterocycles. The van der Waals surface area contributed by atoms with Crippen LogP contribution in [0.2, 0.25) is 0 Å². The third-order valence-corrected chi connectivity index (χ3v) is 5.48. The van der Waals surface area contributed by atoms with E-state index in [9.17, 15) is 19.2 Å². The molecule has 1 N–H and O–H groups in total. The fourth-order valence-corrected chi connectivity index (χ4v) is 3.94. The predicted octanol–water partition coefficient (Wildman–Crippen LogP) is 2.37. The van der Waals surface area contributed by atoms with Crippen molar-refractivity contribution in [1.29, 1.82) is 0 Å². The van der Waals surface area contributed by atoms with Gasteiger partial charge in [-0.1, -0.05) is 12.1 Å². The highest BCUT2D eigenvalue weighted by molar-refractivity contribution is 7.20. The van der Waals surface area contributed by atoms with Gasteiger partial charge in [0.25, 0.3) is 5.56 Å². The van der Waals surface area contributed by atoms with Crippen molar-refractivity contribution in [2.24, 2.45) is 0 Å². The Morgan fingerprint density at radius 1 is 1.20 bits per heavy atom. The first kappa shape index (κ1) is 21.2. The molecule has 0 fully saturated rings. The summed E-state index contributed by atoms with van der Waals surface area (Å²) in [5.41, 5.74) is 0.507. The SMILES string of the molecule is CCOC(=O)c1ccccc1NC(=O)Cn1cnc2sc(C(=O)OC)c(C)c2c1=O. The van der Waals surface area contributed by atoms with Gasteiger partial charge in [-0.3, -0.25) is 14.2 Å². The second-order valence-electron chi connectivity index (χ2n) is 6.22. The lowest BCUT2D eigenvalue weighted by atomic mass is 10.2. The highest BCUT2D eigenvalue weighted by Crippen LogP contribution is 2.27. The quantitative estimate of drug-likeness (QED) is 0.598. The number of methoxy groups -OCH3 is 1. The van der Waals surface area contributed by atoms with Crippen LogP contribution in [-0.2, 0) is 20.8 Å². The number of para-hydroxylation sites is 1. The molecule has 0 unspecified atom stereocenters. The van der Waals surface area contributed by atoms with Crippen molar-refractivity contribution in [2.45, 2.75) is 20.4 Å². The van der Waals surface area contributed by atoms with E-state index >= 15 is 0 Å². The molecule has 3 rings (SSSR count). The van der Waals surface area contributed by atoms with Crippen LogP contribution in [0.5, 0.6) is 0 Å². The highest BCUT2D eigenvalue weighted by Gasteiger charge is 2.21. The van der Waals surface area contributed by atoms with Crippen molar-refractivity contribution in [3.63, 3.8) is 0 Å². The number of amides is 1. The number of nitrogens with one attached hydrogen (secondary N) is 1. The molecule has 9 nitrogen and oxygen atoms in total. The maximum atomic E-state index is 12.8. The Balaban J connectivity index is 1.87. The molecular formula is C20H19N3O6S. The molecule has 1 aromatic carbocycles. The van der Waals surface area contributed by atoms with Crippen molar-refractivity contribution in [3.8, 4) is 0 Å². The lowest BCUT2D eigenvalue weighted by molar-refractivity contribution is -0.116. The van der Waals surface area contributed by atoms with Gasteiger partial charge in [0.1, 0.15) is 16.3 Å². The number of hydrogen-bond acceptors (Lipinski definition) is 8. The van der Waals surface area contributed by atoms with Crippen molar-refractivity contribution < 1.29 is 23.9 Å². The van der Waals surface area contributed by atoms with E-state index in [0.717, 1.165) is 15.9 Å². The van der Waals surface area contributed by atoms with Gasteiger partial charge in [0.2, 0.25) is 5.91 Å². The molecule has 10 heteroatoms. The molecular weight excluding hydrogens is 410 g/mol. The fourth-order valence-electron chi connectivity index (χ4n) is 2.88. The molecule has 30 heavy (non-hydrogen) atoms. The van der Waals surface area contributed by atoms with Gasteiger partial charge in [-0.15, -0.1) is 11.3 Å². The molecule has 0 aliphatic rings. The van der Waals surface area contributed by atoms with Gasteiger partial charge in [0.05, 0.1) is 36.7 Å². The number of fused-ring (bicyclic) bond motifs is 1. The number of aromatic nitrogens is 2. The largest absolute Gasteiger partial charge is 0.465 e. The van der Waals surface area contributed by atoms with Crippen molar-refractivity contribution >= 4 is 45.1 Å². The van der Waals surface area contributed by atoms with Crippen LogP contribution in [0.1, 0.15) is 32.5 Å². The Bertz CT molecular complexity index is 1200. The van der Waals surface area contributed by atoms with Gasteiger partial charge in [-0.2, -0.15) is 0 Å². The molecule has 2 aromatic heterocycles. The number of rotatable bonds is 6. The number of carbonyl (C=O) groups is 3. The smallest absolute Gasteiger partial charge is 0.348 e. The number of esters is 2. The van der Waals surface area contributed by atoms with E-state index in [4.69, 9.17) is 9.47 Å². The molecule has 1 amide bonds. The number of hydrogen-bond donors (Lipinski definition) is 1. The van der Waals surface area contributed by atoms with Crippen molar-refractivity contribution in [3.05, 3.63) is 57.0 Å². The first-order chi connectivity index (χ1) is 14.4. The molecule has 0 saturated carbocycles. The second-order valence-corrected chi connectivity index (χ2v) is 7.22. The van der Waals surface area contributed by atoms with E-state index in [2.05, 4.69) is 10.3 Å². The summed E-state index contributed by atoms with van der Waals surface area (Å²) in [4.78, 5) is 54.2. The maximum Gasteiger partial charge on any atom is 0.348 e. The number of thiophene rings is 1. The van der Waals surface area contributed by atoms with E-state index in [1.807, 2.05) is 0 Å². The molecule has 0 atom stereocenters. The third kappa shape index (κ3) is 4.08. The van der Waals surface area contributed by atoms with Crippen LogP contribution < -0.4 is 10.9 Å². The van der Waals surface area contributed by atoms with E-state index in [-0.39, 0.29) is 29.8 Å². The van der Waals surface area contributed by atoms with Crippen LogP contribution >= 0.6 is 11.3 Å². The predicted molar refractivity (Wildman–Crippen MR) is 111 cm³/mol. The molecule has 0 aliphatic heterocycles. The standard InChI is InChI=1S/C20H19N3O6S/c1-4-29-19(26)12-7-5-6-8-13(12)22-14(24)9-23-10-21-17-15(18(23)25)11(2)16(30-17)20(27)28-3/h5-8,10H,4,9H2,1-3H3,(H,22,24). The Hall–Kier alpha value is -3.53. The van der Waals surface area contributed by atoms with Gasteiger partial charge in [-0.05, 0) is 31.5 Å². The van der Waals surface area contributed by atoms with E-state index in [0.29, 0.717) is 15.3 Å². The summed E-state index contributed by atoms with van der Waals surface area (Å²) in [7, 11) is 1.26. The minimum absolute atomic E-state index is 0.204. The van der Waals surface area contributed by atoms with Gasteiger partial charge in [0, 0.05) is 0 Å². The zero-order valence-electron chi connectivity index (χ0n) is 16.6. The number of benzene rings is 1. The van der Waals surface area contributed by atoms with Crippen LogP contribution in [0.4, 0.5) is 5.69 Å². The molecule has 0 bridgehead atoms. The third-order valence-electron chi connectivity index (χ3n) is 4.30. The van der Waals surface area contributed by atoms with E-state index in [1.165, 1.54) is 19.5 Å². The van der Waals surface area contributed by atoms with Gasteiger partial charge >= 0.3 is 11.9 Å². The average molecular weight is 429 g/mol. The summed E-state index contributed by atoms with van der Waals surface area (Å²) in [5, 5.41) is 2.89. The number of carbonyl (C=O) groups excluding carboxylic acids is 3. The molecule has 0 aliphatic carbocycles. The number of ether oxygens (including phenoxy) is 2. The Morgan fingerprint density at radius 2 is 1.93 bits per heavy atom. The zero-order valence-corrected chi connectivity index (χ0v) is 17.4. The maximum absolute atomic E-state index is 12.8. The van der Waals surface area contributed by atoms with Gasteiger partial charge < -0.3 is 14.8 Å². The Kier molecular flexibility index (Phi) is 6.26. The summed E-state index contributed by atoms with van der Waals surface area (Å²) in [6.45, 7) is 3.21. The minimum Gasteiger partial charge on any atom is -0.465 e. The number of anilines is 1. The summed E-state index contributed by atoms with van der Waals surface area (Å²) >= 11 is 1.06. The van der Waals surface area contributed by atoms with Gasteiger partial charge in [0.15, 0.2) is 0 Å². The zero-order chi connectivity index (χ0) is 21.8. The molecule has 0 spiro atoms. The van der Waals surface area contributed by atoms with Crippen molar-refractivity contribution in [2.75, 3.05) is 19.0 Å². The summed E-state index contributed by atoms with van der Waals surface area (Å²) in [5.74, 6) is -1.62. The monoisotopic (exact) mass is 429 g/mol. The normalized spacial score (nSPS) is 10.6.